The Labute approximate surface area is 142 Å². The van der Waals surface area contributed by atoms with Gasteiger partial charge in [0.1, 0.15) is 0 Å². The van der Waals surface area contributed by atoms with Crippen LogP contribution in [0.1, 0.15) is 23.8 Å². The Morgan fingerprint density at radius 2 is 2.26 bits per heavy atom. The quantitative estimate of drug-likeness (QED) is 0.726. The number of thioether (sulfide) groups is 1. The molecule has 118 valence electrons. The molecule has 1 fully saturated rings. The lowest BCUT2D eigenvalue weighted by Gasteiger charge is -2.23. The van der Waals surface area contributed by atoms with Crippen molar-refractivity contribution in [2.24, 2.45) is 0 Å². The number of hydrogen-bond acceptors (Lipinski definition) is 4. The number of rotatable bonds is 4. The minimum absolute atomic E-state index is 0.200. The van der Waals surface area contributed by atoms with Gasteiger partial charge in [-0.15, -0.1) is 11.3 Å². The second-order valence-electron chi connectivity index (χ2n) is 5.61. The minimum Gasteiger partial charge on any atom is -0.334 e. The Kier molecular flexibility index (Phi) is 4.10. The van der Waals surface area contributed by atoms with Gasteiger partial charge in [-0.3, -0.25) is 4.79 Å². The Balaban J connectivity index is 1.43. The first-order valence-electron chi connectivity index (χ1n) is 7.72. The van der Waals surface area contributed by atoms with E-state index >= 15 is 0 Å². The number of aromatic amines is 1. The maximum Gasteiger partial charge on any atom is 0.233 e. The van der Waals surface area contributed by atoms with Gasteiger partial charge in [0.2, 0.25) is 5.91 Å². The fraction of sp³-hybridized carbons (Fsp3) is 0.294. The fourth-order valence-electron chi connectivity index (χ4n) is 3.05. The molecule has 0 spiro atoms. The van der Waals surface area contributed by atoms with Crippen LogP contribution in [0.2, 0.25) is 0 Å². The summed E-state index contributed by atoms with van der Waals surface area (Å²) in [5.41, 5.74) is 1.96. The molecule has 3 aromatic rings. The van der Waals surface area contributed by atoms with Gasteiger partial charge in [-0.25, -0.2) is 4.98 Å². The highest BCUT2D eigenvalue weighted by molar-refractivity contribution is 7.99. The molecule has 3 heterocycles. The number of aromatic nitrogens is 2. The van der Waals surface area contributed by atoms with Crippen LogP contribution in [-0.2, 0) is 4.79 Å². The Hall–Kier alpha value is -1.79. The summed E-state index contributed by atoms with van der Waals surface area (Å²) in [5, 5.41) is 2.89. The predicted octanol–water partition coefficient (Wildman–Crippen LogP) is 4.08. The third-order valence-electron chi connectivity index (χ3n) is 4.14. The maximum atomic E-state index is 12.6. The average molecular weight is 343 g/mol. The highest BCUT2D eigenvalue weighted by Crippen LogP contribution is 2.35. The van der Waals surface area contributed by atoms with Gasteiger partial charge in [0.05, 0.1) is 22.8 Å². The van der Waals surface area contributed by atoms with E-state index in [0.29, 0.717) is 5.75 Å². The molecule has 0 aliphatic carbocycles. The van der Waals surface area contributed by atoms with E-state index in [-0.39, 0.29) is 11.9 Å². The van der Waals surface area contributed by atoms with E-state index in [2.05, 4.69) is 27.5 Å². The highest BCUT2D eigenvalue weighted by Gasteiger charge is 2.30. The summed E-state index contributed by atoms with van der Waals surface area (Å²) in [7, 11) is 0. The minimum atomic E-state index is 0.200. The van der Waals surface area contributed by atoms with Gasteiger partial charge in [0, 0.05) is 11.4 Å². The van der Waals surface area contributed by atoms with Crippen LogP contribution < -0.4 is 0 Å². The van der Waals surface area contributed by atoms with Crippen LogP contribution in [0.3, 0.4) is 0 Å². The summed E-state index contributed by atoms with van der Waals surface area (Å²) in [4.78, 5) is 23.7. The summed E-state index contributed by atoms with van der Waals surface area (Å²) < 4.78 is 0. The molecule has 4 nitrogen and oxygen atoms in total. The molecule has 0 bridgehead atoms. The molecule has 0 radical (unpaired) electrons. The molecular weight excluding hydrogens is 326 g/mol. The maximum absolute atomic E-state index is 12.6. The first-order chi connectivity index (χ1) is 11.3. The van der Waals surface area contributed by atoms with Gasteiger partial charge >= 0.3 is 0 Å². The number of thiophene rings is 1. The number of H-pyrrole nitrogens is 1. The molecule has 2 aromatic heterocycles. The average Bonchev–Trinajstić information content (AvgIpc) is 3.31. The van der Waals surface area contributed by atoms with Crippen molar-refractivity contribution < 1.29 is 4.79 Å². The van der Waals surface area contributed by atoms with E-state index in [4.69, 9.17) is 0 Å². The zero-order valence-corrected chi connectivity index (χ0v) is 14.2. The van der Waals surface area contributed by atoms with E-state index in [0.717, 1.165) is 35.6 Å². The molecule has 1 N–H and O–H groups in total. The molecule has 1 aliphatic rings. The van der Waals surface area contributed by atoms with E-state index in [1.165, 1.54) is 16.6 Å². The van der Waals surface area contributed by atoms with Gasteiger partial charge in [-0.1, -0.05) is 30.0 Å². The number of carbonyl (C=O) groups excluding carboxylic acids is 1. The van der Waals surface area contributed by atoms with Crippen LogP contribution >= 0.6 is 23.1 Å². The standard InChI is InChI=1S/C17H17N3OS2/c21-16(20-9-3-7-14(20)15-8-4-10-22-15)11-23-17-18-12-5-1-2-6-13(12)19-17/h1-2,4-6,8,10,14H,3,7,9,11H2,(H,18,19). The third-order valence-corrected chi connectivity index (χ3v) is 5.98. The summed E-state index contributed by atoms with van der Waals surface area (Å²) in [6.07, 6.45) is 2.16. The Morgan fingerprint density at radius 1 is 1.35 bits per heavy atom. The first kappa shape index (κ1) is 14.8. The van der Waals surface area contributed by atoms with Crippen LogP contribution in [0.4, 0.5) is 0 Å². The molecule has 1 aromatic carbocycles. The lowest BCUT2D eigenvalue weighted by atomic mass is 10.2. The number of amides is 1. The summed E-state index contributed by atoms with van der Waals surface area (Å²) in [5.74, 6) is 0.633. The third kappa shape index (κ3) is 3.01. The van der Waals surface area contributed by atoms with Crippen molar-refractivity contribution in [3.63, 3.8) is 0 Å². The van der Waals surface area contributed by atoms with Gasteiger partial charge < -0.3 is 9.88 Å². The topological polar surface area (TPSA) is 49.0 Å². The number of likely N-dealkylation sites (tertiary alicyclic amines) is 1. The lowest BCUT2D eigenvalue weighted by Crippen LogP contribution is -2.31. The molecule has 1 unspecified atom stereocenters. The zero-order valence-electron chi connectivity index (χ0n) is 12.6. The number of hydrogen-bond donors (Lipinski definition) is 1. The van der Waals surface area contributed by atoms with Gasteiger partial charge in [0.15, 0.2) is 5.16 Å². The number of nitrogens with one attached hydrogen (secondary N) is 1. The molecule has 0 saturated carbocycles. The van der Waals surface area contributed by atoms with Gasteiger partial charge in [-0.05, 0) is 36.4 Å². The Morgan fingerprint density at radius 3 is 3.09 bits per heavy atom. The van der Waals surface area contributed by atoms with Crippen molar-refractivity contribution in [2.45, 2.75) is 24.0 Å². The van der Waals surface area contributed by atoms with Crippen LogP contribution in [0.5, 0.6) is 0 Å². The van der Waals surface area contributed by atoms with Crippen molar-refractivity contribution in [1.82, 2.24) is 14.9 Å². The van der Waals surface area contributed by atoms with Crippen LogP contribution in [0.25, 0.3) is 11.0 Å². The van der Waals surface area contributed by atoms with Crippen LogP contribution in [-0.4, -0.2) is 33.1 Å². The highest BCUT2D eigenvalue weighted by atomic mass is 32.2. The van der Waals surface area contributed by atoms with E-state index in [1.54, 1.807) is 11.3 Å². The summed E-state index contributed by atoms with van der Waals surface area (Å²) in [6, 6.07) is 12.4. The normalized spacial score (nSPS) is 17.9. The lowest BCUT2D eigenvalue weighted by molar-refractivity contribution is -0.129. The second-order valence-corrected chi connectivity index (χ2v) is 7.55. The molecule has 1 atom stereocenters. The van der Waals surface area contributed by atoms with Gasteiger partial charge in [-0.2, -0.15) is 0 Å². The van der Waals surface area contributed by atoms with E-state index in [1.807, 2.05) is 29.2 Å². The molecule has 23 heavy (non-hydrogen) atoms. The van der Waals surface area contributed by atoms with Gasteiger partial charge in [0.25, 0.3) is 0 Å². The SMILES string of the molecule is O=C(CSc1nc2ccccc2[nH]1)N1CCCC1c1cccs1. The largest absolute Gasteiger partial charge is 0.334 e. The van der Waals surface area contributed by atoms with Crippen molar-refractivity contribution in [2.75, 3.05) is 12.3 Å². The first-order valence-corrected chi connectivity index (χ1v) is 9.58. The molecule has 6 heteroatoms. The number of para-hydroxylation sites is 2. The molecular formula is C17H17N3OS2. The predicted molar refractivity (Wildman–Crippen MR) is 94.8 cm³/mol. The van der Waals surface area contributed by atoms with Crippen LogP contribution in [0.15, 0.2) is 46.9 Å². The number of imidazole rings is 1. The number of fused-ring (bicyclic) bond motifs is 1. The molecule has 4 rings (SSSR count). The molecule has 1 aliphatic heterocycles. The van der Waals surface area contributed by atoms with E-state index < -0.39 is 0 Å². The van der Waals surface area contributed by atoms with Crippen molar-refractivity contribution in [3.8, 4) is 0 Å². The summed E-state index contributed by atoms with van der Waals surface area (Å²) in [6.45, 7) is 0.863. The van der Waals surface area contributed by atoms with Crippen molar-refractivity contribution >= 4 is 40.0 Å². The number of benzene rings is 1. The van der Waals surface area contributed by atoms with Crippen LogP contribution in [0, 0.1) is 0 Å². The summed E-state index contributed by atoms with van der Waals surface area (Å²) >= 11 is 3.23. The number of nitrogens with zero attached hydrogens (tertiary/aromatic N) is 2. The second kappa shape index (κ2) is 6.37. The van der Waals surface area contributed by atoms with E-state index in [9.17, 15) is 4.79 Å². The molecule has 1 amide bonds. The van der Waals surface area contributed by atoms with Crippen molar-refractivity contribution in [3.05, 3.63) is 46.7 Å². The molecule has 1 saturated heterocycles. The monoisotopic (exact) mass is 343 g/mol. The fourth-order valence-corrected chi connectivity index (χ4v) is 4.70. The number of carbonyl (C=O) groups is 1. The zero-order chi connectivity index (χ0) is 15.6. The van der Waals surface area contributed by atoms with Crippen molar-refractivity contribution in [1.29, 1.82) is 0 Å². The smallest absolute Gasteiger partial charge is 0.233 e. The Bertz CT molecular complexity index is 779.